The first-order valence-electron chi connectivity index (χ1n) is 7.12. The maximum absolute atomic E-state index is 12.4. The molecule has 0 atom stereocenters. The van der Waals surface area contributed by atoms with Crippen LogP contribution in [0.15, 0.2) is 62.8 Å². The molecule has 3 rings (SSSR count). The molecule has 0 aliphatic heterocycles. The number of carbonyl (C=O) groups excluding carboxylic acids is 2. The minimum Gasteiger partial charge on any atom is -0.467 e. The van der Waals surface area contributed by atoms with E-state index in [0.29, 0.717) is 11.3 Å². The number of carbonyl (C=O) groups is 2. The maximum Gasteiger partial charge on any atom is 0.268 e. The first-order valence-corrected chi connectivity index (χ1v) is 8.94. The Labute approximate surface area is 146 Å². The van der Waals surface area contributed by atoms with Crippen molar-refractivity contribution in [3.63, 3.8) is 0 Å². The first kappa shape index (κ1) is 16.2. The molecule has 0 fully saturated rings. The maximum atomic E-state index is 12.4. The van der Waals surface area contributed by atoms with E-state index in [1.165, 1.54) is 22.7 Å². The number of hydrogen-bond acceptors (Lipinski definition) is 5. The number of amides is 2. The van der Waals surface area contributed by atoms with Gasteiger partial charge in [0.05, 0.1) is 18.4 Å². The van der Waals surface area contributed by atoms with Crippen LogP contribution >= 0.6 is 22.7 Å². The van der Waals surface area contributed by atoms with Gasteiger partial charge >= 0.3 is 0 Å². The summed E-state index contributed by atoms with van der Waals surface area (Å²) >= 11 is 2.91. The molecule has 122 valence electrons. The summed E-state index contributed by atoms with van der Waals surface area (Å²) < 4.78 is 5.19. The molecule has 0 saturated heterocycles. The van der Waals surface area contributed by atoms with Gasteiger partial charge in [0.25, 0.3) is 11.8 Å². The van der Waals surface area contributed by atoms with Crippen LogP contribution in [0.5, 0.6) is 0 Å². The molecule has 0 aliphatic rings. The summed E-state index contributed by atoms with van der Waals surface area (Å²) in [6.45, 7) is 0.252. The molecule has 7 heteroatoms. The van der Waals surface area contributed by atoms with Crippen LogP contribution in [0.1, 0.15) is 21.0 Å². The standard InChI is InChI=1S/C17H14N2O3S2/c20-16(12-5-8-23-11-12)19-15(9-14-4-2-7-24-14)17(21)18-10-13-3-1-6-22-13/h1-9,11H,10H2,(H,18,21)(H,19,20)/b15-9+. The summed E-state index contributed by atoms with van der Waals surface area (Å²) in [5.74, 6) is -0.0430. The van der Waals surface area contributed by atoms with Crippen molar-refractivity contribution in [2.24, 2.45) is 0 Å². The minimum atomic E-state index is -0.372. The quantitative estimate of drug-likeness (QED) is 0.663. The molecule has 0 bridgehead atoms. The molecular formula is C17H14N2O3S2. The number of thiophene rings is 2. The number of hydrogen-bond donors (Lipinski definition) is 2. The predicted molar refractivity (Wildman–Crippen MR) is 94.6 cm³/mol. The van der Waals surface area contributed by atoms with Crippen molar-refractivity contribution in [1.82, 2.24) is 10.6 Å². The fourth-order valence-corrected chi connectivity index (χ4v) is 3.23. The van der Waals surface area contributed by atoms with E-state index in [4.69, 9.17) is 4.42 Å². The summed E-state index contributed by atoms with van der Waals surface area (Å²) in [6.07, 6.45) is 3.20. The average molecular weight is 358 g/mol. The van der Waals surface area contributed by atoms with Crippen LogP contribution in [0.2, 0.25) is 0 Å². The van der Waals surface area contributed by atoms with Crippen molar-refractivity contribution in [3.8, 4) is 0 Å². The molecule has 24 heavy (non-hydrogen) atoms. The Morgan fingerprint density at radius 1 is 1.17 bits per heavy atom. The predicted octanol–water partition coefficient (Wildman–Crippen LogP) is 3.49. The molecular weight excluding hydrogens is 344 g/mol. The zero-order valence-electron chi connectivity index (χ0n) is 12.5. The molecule has 0 radical (unpaired) electrons. The number of rotatable bonds is 6. The van der Waals surface area contributed by atoms with Crippen LogP contribution in [-0.4, -0.2) is 11.8 Å². The van der Waals surface area contributed by atoms with E-state index in [2.05, 4.69) is 10.6 Å². The van der Waals surface area contributed by atoms with Crippen LogP contribution in [0.25, 0.3) is 6.08 Å². The van der Waals surface area contributed by atoms with Gasteiger partial charge in [-0.25, -0.2) is 0 Å². The van der Waals surface area contributed by atoms with Gasteiger partial charge in [0.15, 0.2) is 0 Å². The van der Waals surface area contributed by atoms with Crippen molar-refractivity contribution in [3.05, 3.63) is 74.6 Å². The highest BCUT2D eigenvalue weighted by atomic mass is 32.1. The minimum absolute atomic E-state index is 0.195. The lowest BCUT2D eigenvalue weighted by molar-refractivity contribution is -0.118. The molecule has 0 saturated carbocycles. The highest BCUT2D eigenvalue weighted by molar-refractivity contribution is 7.10. The van der Waals surface area contributed by atoms with Crippen LogP contribution in [0.4, 0.5) is 0 Å². The van der Waals surface area contributed by atoms with Gasteiger partial charge in [0.2, 0.25) is 0 Å². The average Bonchev–Trinajstić information content (AvgIpc) is 3.34. The Hall–Kier alpha value is -2.64. The zero-order chi connectivity index (χ0) is 16.8. The van der Waals surface area contributed by atoms with E-state index < -0.39 is 0 Å². The van der Waals surface area contributed by atoms with Crippen molar-refractivity contribution in [2.75, 3.05) is 0 Å². The van der Waals surface area contributed by atoms with Gasteiger partial charge in [0.1, 0.15) is 11.5 Å². The highest BCUT2D eigenvalue weighted by Gasteiger charge is 2.15. The Morgan fingerprint density at radius 3 is 2.75 bits per heavy atom. The largest absolute Gasteiger partial charge is 0.467 e. The fraction of sp³-hybridized carbons (Fsp3) is 0.0588. The van der Waals surface area contributed by atoms with E-state index in [1.54, 1.807) is 35.9 Å². The van der Waals surface area contributed by atoms with E-state index in [1.807, 2.05) is 22.9 Å². The summed E-state index contributed by atoms with van der Waals surface area (Å²) in [7, 11) is 0. The summed E-state index contributed by atoms with van der Waals surface area (Å²) in [4.78, 5) is 25.6. The van der Waals surface area contributed by atoms with Gasteiger partial charge < -0.3 is 15.1 Å². The second-order valence-corrected chi connectivity index (χ2v) is 6.56. The van der Waals surface area contributed by atoms with Crippen LogP contribution in [0.3, 0.4) is 0 Å². The fourth-order valence-electron chi connectivity index (χ4n) is 1.94. The lowest BCUT2D eigenvalue weighted by atomic mass is 10.2. The van der Waals surface area contributed by atoms with Gasteiger partial charge in [-0.1, -0.05) is 6.07 Å². The van der Waals surface area contributed by atoms with Gasteiger partial charge in [-0.15, -0.1) is 11.3 Å². The molecule has 0 spiro atoms. The van der Waals surface area contributed by atoms with Crippen molar-refractivity contribution >= 4 is 40.6 Å². The monoisotopic (exact) mass is 358 g/mol. The van der Waals surface area contributed by atoms with Crippen molar-refractivity contribution < 1.29 is 14.0 Å². The van der Waals surface area contributed by atoms with E-state index in [-0.39, 0.29) is 24.1 Å². The third-order valence-electron chi connectivity index (χ3n) is 3.11. The van der Waals surface area contributed by atoms with Crippen LogP contribution < -0.4 is 10.6 Å². The van der Waals surface area contributed by atoms with Gasteiger partial charge in [-0.05, 0) is 41.1 Å². The third-order valence-corrected chi connectivity index (χ3v) is 4.61. The molecule has 2 amide bonds. The SMILES string of the molecule is O=C(NCc1ccco1)/C(=C\c1cccs1)NC(=O)c1ccsc1. The molecule has 5 nitrogen and oxygen atoms in total. The Kier molecular flexibility index (Phi) is 5.25. The van der Waals surface area contributed by atoms with Crippen LogP contribution in [0, 0.1) is 0 Å². The van der Waals surface area contributed by atoms with Crippen molar-refractivity contribution in [2.45, 2.75) is 6.54 Å². The normalized spacial score (nSPS) is 11.2. The summed E-state index contributed by atoms with van der Waals surface area (Å²) in [5.41, 5.74) is 0.719. The second-order valence-electron chi connectivity index (χ2n) is 4.80. The lowest BCUT2D eigenvalue weighted by Crippen LogP contribution is -2.34. The van der Waals surface area contributed by atoms with E-state index >= 15 is 0 Å². The molecule has 3 aromatic heterocycles. The summed E-state index contributed by atoms with van der Waals surface area (Å²) in [5, 5.41) is 10.9. The molecule has 2 N–H and O–H groups in total. The summed E-state index contributed by atoms with van der Waals surface area (Å²) in [6, 6.07) is 9.00. The Bertz CT molecular complexity index is 819. The highest BCUT2D eigenvalue weighted by Crippen LogP contribution is 2.14. The molecule has 0 unspecified atom stereocenters. The van der Waals surface area contributed by atoms with Crippen molar-refractivity contribution in [1.29, 1.82) is 0 Å². The smallest absolute Gasteiger partial charge is 0.268 e. The van der Waals surface area contributed by atoms with Gasteiger partial charge in [0, 0.05) is 10.3 Å². The molecule has 0 aromatic carbocycles. The van der Waals surface area contributed by atoms with Crippen LogP contribution in [-0.2, 0) is 11.3 Å². The topological polar surface area (TPSA) is 71.3 Å². The van der Waals surface area contributed by atoms with E-state index in [0.717, 1.165) is 4.88 Å². The van der Waals surface area contributed by atoms with Gasteiger partial charge in [-0.2, -0.15) is 11.3 Å². The number of furan rings is 1. The Morgan fingerprint density at radius 2 is 2.08 bits per heavy atom. The molecule has 3 aromatic rings. The number of nitrogens with one attached hydrogen (secondary N) is 2. The molecule has 0 aliphatic carbocycles. The van der Waals surface area contributed by atoms with Gasteiger partial charge in [-0.3, -0.25) is 9.59 Å². The Balaban J connectivity index is 1.74. The van der Waals surface area contributed by atoms with E-state index in [9.17, 15) is 9.59 Å². The first-order chi connectivity index (χ1) is 11.7. The lowest BCUT2D eigenvalue weighted by Gasteiger charge is -2.09. The second kappa shape index (κ2) is 7.76. The zero-order valence-corrected chi connectivity index (χ0v) is 14.2. The third kappa shape index (κ3) is 4.21. The molecule has 3 heterocycles.